The van der Waals surface area contributed by atoms with Gasteiger partial charge in [0.2, 0.25) is 0 Å². The number of likely N-dealkylation sites (N-methyl/N-ethyl adjacent to an activating group) is 1. The number of urea groups is 1. The fourth-order valence-electron chi connectivity index (χ4n) is 2.65. The molecule has 0 aliphatic carbocycles. The van der Waals surface area contributed by atoms with E-state index in [1.165, 1.54) is 7.05 Å². The molecular formula is C19H22ClN4O3+. The lowest BCUT2D eigenvalue weighted by atomic mass is 10.0. The number of benzene rings is 2. The predicted molar refractivity (Wildman–Crippen MR) is 104 cm³/mol. The van der Waals surface area contributed by atoms with Gasteiger partial charge >= 0.3 is 6.03 Å². The number of amides is 4. The summed E-state index contributed by atoms with van der Waals surface area (Å²) in [6.45, 7) is 0.0311. The molecule has 0 spiro atoms. The summed E-state index contributed by atoms with van der Waals surface area (Å²) in [4.78, 5) is 37.1. The van der Waals surface area contributed by atoms with E-state index in [0.717, 1.165) is 0 Å². The van der Waals surface area contributed by atoms with Crippen LogP contribution in [-0.4, -0.2) is 38.5 Å². The Balaban J connectivity index is 2.11. The van der Waals surface area contributed by atoms with Gasteiger partial charge in [-0.2, -0.15) is 0 Å². The van der Waals surface area contributed by atoms with E-state index in [4.69, 9.17) is 11.6 Å². The minimum atomic E-state index is -0.723. The molecule has 0 aliphatic heterocycles. The zero-order valence-electron chi connectivity index (χ0n) is 15.1. The molecule has 2 aromatic carbocycles. The molecule has 0 aromatic heterocycles. The first-order chi connectivity index (χ1) is 12.9. The fraction of sp³-hybridized carbons (Fsp3) is 0.211. The van der Waals surface area contributed by atoms with Crippen molar-refractivity contribution in [1.82, 2.24) is 10.6 Å². The molecule has 27 heavy (non-hydrogen) atoms. The molecule has 2 aromatic rings. The Kier molecular flexibility index (Phi) is 7.34. The first kappa shape index (κ1) is 20.4. The number of carbonyl (C=O) groups is 3. The standard InChI is InChI=1S/C19H21ClN4O3/c1-21-19(27)23-18(26)17(13-6-4-3-5-7-13)24(2)12-16(25)22-15-10-8-14(20)9-11-15/h3-11,17H,12H2,1-2H3,(H,22,25)(H2,21,23,26,27)/p+1/t17-/m0/s1. The number of hydrogen-bond donors (Lipinski definition) is 4. The third kappa shape index (κ3) is 6.09. The summed E-state index contributed by atoms with van der Waals surface area (Å²) in [7, 11) is 3.15. The van der Waals surface area contributed by atoms with Crippen molar-refractivity contribution in [2.75, 3.05) is 26.0 Å². The van der Waals surface area contributed by atoms with Gasteiger partial charge in [0.15, 0.2) is 12.6 Å². The molecule has 0 aliphatic rings. The topological polar surface area (TPSA) is 91.7 Å². The Labute approximate surface area is 162 Å². The van der Waals surface area contributed by atoms with Crippen molar-refractivity contribution in [2.45, 2.75) is 6.04 Å². The lowest BCUT2D eigenvalue weighted by Gasteiger charge is -2.24. The number of rotatable bonds is 6. The Morgan fingerprint density at radius 2 is 1.67 bits per heavy atom. The molecule has 0 heterocycles. The summed E-state index contributed by atoms with van der Waals surface area (Å²) in [5.41, 5.74) is 1.32. The molecule has 0 fully saturated rings. The zero-order chi connectivity index (χ0) is 19.8. The monoisotopic (exact) mass is 389 g/mol. The van der Waals surface area contributed by atoms with Crippen molar-refractivity contribution in [3.05, 3.63) is 65.2 Å². The molecule has 0 radical (unpaired) electrons. The van der Waals surface area contributed by atoms with Crippen molar-refractivity contribution in [2.24, 2.45) is 0 Å². The van der Waals surface area contributed by atoms with E-state index >= 15 is 0 Å². The number of anilines is 1. The second-order valence-corrected chi connectivity index (χ2v) is 6.43. The van der Waals surface area contributed by atoms with Gasteiger partial charge in [-0.05, 0) is 24.3 Å². The maximum Gasteiger partial charge on any atom is 0.321 e. The highest BCUT2D eigenvalue weighted by molar-refractivity contribution is 6.30. The Bertz CT molecular complexity index is 796. The van der Waals surface area contributed by atoms with Crippen LogP contribution in [0.4, 0.5) is 10.5 Å². The maximum absolute atomic E-state index is 12.6. The van der Waals surface area contributed by atoms with Crippen LogP contribution in [0.5, 0.6) is 0 Å². The van der Waals surface area contributed by atoms with E-state index in [1.54, 1.807) is 55.6 Å². The minimum Gasteiger partial charge on any atom is -0.341 e. The zero-order valence-corrected chi connectivity index (χ0v) is 15.8. The van der Waals surface area contributed by atoms with E-state index in [-0.39, 0.29) is 12.5 Å². The fourth-order valence-corrected chi connectivity index (χ4v) is 2.77. The normalized spacial score (nSPS) is 12.6. The van der Waals surface area contributed by atoms with Crippen molar-refractivity contribution in [3.63, 3.8) is 0 Å². The predicted octanol–water partition coefficient (Wildman–Crippen LogP) is 0.990. The van der Waals surface area contributed by atoms with E-state index in [2.05, 4.69) is 16.0 Å². The summed E-state index contributed by atoms with van der Waals surface area (Å²) in [6.07, 6.45) is 0. The number of quaternary nitrogens is 1. The third-order valence-corrected chi connectivity index (χ3v) is 4.17. The Morgan fingerprint density at radius 3 is 2.26 bits per heavy atom. The molecule has 1 unspecified atom stereocenters. The van der Waals surface area contributed by atoms with Crippen molar-refractivity contribution >= 4 is 35.1 Å². The lowest BCUT2D eigenvalue weighted by molar-refractivity contribution is -0.894. The summed E-state index contributed by atoms with van der Waals surface area (Å²) in [5, 5.41) is 7.97. The van der Waals surface area contributed by atoms with Gasteiger partial charge in [0.1, 0.15) is 0 Å². The van der Waals surface area contributed by atoms with Gasteiger partial charge in [-0.1, -0.05) is 41.9 Å². The van der Waals surface area contributed by atoms with Gasteiger partial charge in [0.05, 0.1) is 7.05 Å². The maximum atomic E-state index is 12.6. The molecule has 0 saturated heterocycles. The molecule has 2 rings (SSSR count). The van der Waals surface area contributed by atoms with E-state index in [0.29, 0.717) is 21.2 Å². The first-order valence-corrected chi connectivity index (χ1v) is 8.73. The average molecular weight is 390 g/mol. The molecule has 8 heteroatoms. The van der Waals surface area contributed by atoms with Crippen LogP contribution < -0.4 is 20.9 Å². The van der Waals surface area contributed by atoms with Crippen LogP contribution in [0, 0.1) is 0 Å². The highest BCUT2D eigenvalue weighted by atomic mass is 35.5. The van der Waals surface area contributed by atoms with Crippen LogP contribution in [0.3, 0.4) is 0 Å². The quantitative estimate of drug-likeness (QED) is 0.593. The van der Waals surface area contributed by atoms with Gasteiger partial charge in [-0.3, -0.25) is 14.9 Å². The second-order valence-electron chi connectivity index (χ2n) is 5.99. The molecule has 7 nitrogen and oxygen atoms in total. The van der Waals surface area contributed by atoms with E-state index < -0.39 is 18.0 Å². The smallest absolute Gasteiger partial charge is 0.321 e. The molecule has 0 saturated carbocycles. The van der Waals surface area contributed by atoms with E-state index in [1.807, 2.05) is 6.07 Å². The lowest BCUT2D eigenvalue weighted by Crippen LogP contribution is -3.11. The van der Waals surface area contributed by atoms with Gasteiger partial charge in [0, 0.05) is 23.3 Å². The van der Waals surface area contributed by atoms with Gasteiger partial charge in [-0.25, -0.2) is 4.79 Å². The highest BCUT2D eigenvalue weighted by Gasteiger charge is 2.31. The number of nitrogens with one attached hydrogen (secondary N) is 4. The molecule has 4 amide bonds. The average Bonchev–Trinajstić information content (AvgIpc) is 2.64. The number of imide groups is 1. The van der Waals surface area contributed by atoms with Crippen molar-refractivity contribution in [3.8, 4) is 0 Å². The summed E-state index contributed by atoms with van der Waals surface area (Å²) in [6, 6.07) is 14.4. The Morgan fingerprint density at radius 1 is 1.04 bits per heavy atom. The summed E-state index contributed by atoms with van der Waals surface area (Å²) >= 11 is 5.84. The molecule has 4 N–H and O–H groups in total. The largest absolute Gasteiger partial charge is 0.341 e. The van der Waals surface area contributed by atoms with Crippen LogP contribution >= 0.6 is 11.6 Å². The van der Waals surface area contributed by atoms with Crippen LogP contribution in [0.15, 0.2) is 54.6 Å². The molecule has 142 valence electrons. The number of carbonyl (C=O) groups excluding carboxylic acids is 3. The van der Waals surface area contributed by atoms with Gasteiger partial charge in [-0.15, -0.1) is 0 Å². The SMILES string of the molecule is CNC(=O)NC(=O)[C@H](c1ccccc1)[NH+](C)CC(=O)Nc1ccc(Cl)cc1. The van der Waals surface area contributed by atoms with Crippen LogP contribution in [0.2, 0.25) is 5.02 Å². The third-order valence-electron chi connectivity index (χ3n) is 3.92. The molecule has 0 bridgehead atoms. The number of hydrogen-bond acceptors (Lipinski definition) is 3. The summed E-state index contributed by atoms with van der Waals surface area (Å²) < 4.78 is 0. The van der Waals surface area contributed by atoms with Crippen LogP contribution in [0.1, 0.15) is 11.6 Å². The van der Waals surface area contributed by atoms with Crippen LogP contribution in [0.25, 0.3) is 0 Å². The molecular weight excluding hydrogens is 368 g/mol. The Hall–Kier alpha value is -2.90. The summed E-state index contributed by atoms with van der Waals surface area (Å²) in [5.74, 6) is -0.749. The molecule has 2 atom stereocenters. The highest BCUT2D eigenvalue weighted by Crippen LogP contribution is 2.13. The van der Waals surface area contributed by atoms with Crippen molar-refractivity contribution in [1.29, 1.82) is 0 Å². The van der Waals surface area contributed by atoms with E-state index in [9.17, 15) is 14.4 Å². The van der Waals surface area contributed by atoms with Gasteiger partial charge < -0.3 is 15.5 Å². The van der Waals surface area contributed by atoms with Gasteiger partial charge in [0.25, 0.3) is 11.8 Å². The van der Waals surface area contributed by atoms with Crippen LogP contribution in [-0.2, 0) is 9.59 Å². The second kappa shape index (κ2) is 9.70. The first-order valence-electron chi connectivity index (χ1n) is 8.36. The minimum absolute atomic E-state index is 0.0311. The van der Waals surface area contributed by atoms with Crippen molar-refractivity contribution < 1.29 is 19.3 Å². The number of halogens is 1.